The van der Waals surface area contributed by atoms with Gasteiger partial charge in [0.05, 0.1) is 17.4 Å². The minimum atomic E-state index is -1.43. The lowest BCUT2D eigenvalue weighted by atomic mass is 10.0. The van der Waals surface area contributed by atoms with E-state index in [1.807, 2.05) is 0 Å². The number of amides is 3. The molecule has 0 bridgehead atoms. The van der Waals surface area contributed by atoms with E-state index in [9.17, 15) is 28.7 Å². The number of fused-ring (bicyclic) bond motifs is 1. The second-order valence-electron chi connectivity index (χ2n) is 8.25. The molecule has 0 spiro atoms. The highest BCUT2D eigenvalue weighted by molar-refractivity contribution is 6.43. The number of nitrogens with one attached hydrogen (secondary N) is 2. The lowest BCUT2D eigenvalue weighted by Gasteiger charge is -2.20. The van der Waals surface area contributed by atoms with Crippen molar-refractivity contribution in [3.8, 4) is 0 Å². The molecule has 1 unspecified atom stereocenters. The van der Waals surface area contributed by atoms with E-state index in [0.29, 0.717) is 35.5 Å². The molecule has 2 atom stereocenters. The van der Waals surface area contributed by atoms with Crippen molar-refractivity contribution in [1.82, 2.24) is 9.88 Å². The summed E-state index contributed by atoms with van der Waals surface area (Å²) >= 11 is 0. The number of rotatable bonds is 7. The summed E-state index contributed by atoms with van der Waals surface area (Å²) in [6.45, 7) is 4.88. The Morgan fingerprint density at radius 1 is 1.18 bits per heavy atom. The molecule has 9 nitrogen and oxygen atoms in total. The van der Waals surface area contributed by atoms with E-state index >= 15 is 0 Å². The SMILES string of the molecule is Cc1cc(NC(=O)c2c(C)c(C(=O)C(=O)NC(C(N)=O)[C@@H](C)O)n3c2CCCC3)ccc1F. The first-order chi connectivity index (χ1) is 15.5. The summed E-state index contributed by atoms with van der Waals surface area (Å²) in [6, 6.07) is 2.77. The van der Waals surface area contributed by atoms with Gasteiger partial charge in [0.1, 0.15) is 11.9 Å². The Balaban J connectivity index is 1.96. The fourth-order valence-electron chi connectivity index (χ4n) is 4.13. The van der Waals surface area contributed by atoms with Gasteiger partial charge in [-0.05, 0) is 69.4 Å². The molecular weight excluding hydrogens is 431 g/mol. The number of nitrogens with two attached hydrogens (primary N) is 1. The van der Waals surface area contributed by atoms with Gasteiger partial charge >= 0.3 is 0 Å². The Morgan fingerprint density at radius 3 is 2.48 bits per heavy atom. The first-order valence-electron chi connectivity index (χ1n) is 10.6. The zero-order chi connectivity index (χ0) is 24.4. The zero-order valence-electron chi connectivity index (χ0n) is 18.7. The summed E-state index contributed by atoms with van der Waals surface area (Å²) in [5.41, 5.74) is 7.27. The van der Waals surface area contributed by atoms with Gasteiger partial charge in [-0.3, -0.25) is 19.2 Å². The van der Waals surface area contributed by atoms with Crippen LogP contribution in [0.2, 0.25) is 0 Å². The summed E-state index contributed by atoms with van der Waals surface area (Å²) in [5, 5.41) is 14.6. The van der Waals surface area contributed by atoms with Crippen molar-refractivity contribution in [2.45, 2.75) is 58.7 Å². The summed E-state index contributed by atoms with van der Waals surface area (Å²) < 4.78 is 15.2. The molecule has 1 aliphatic heterocycles. The van der Waals surface area contributed by atoms with Crippen molar-refractivity contribution in [3.63, 3.8) is 0 Å². The van der Waals surface area contributed by atoms with Gasteiger partial charge in [-0.2, -0.15) is 0 Å². The summed E-state index contributed by atoms with van der Waals surface area (Å²) in [6.07, 6.45) is 0.824. The highest BCUT2D eigenvalue weighted by Gasteiger charge is 2.34. The van der Waals surface area contributed by atoms with E-state index < -0.39 is 41.5 Å². The molecular formula is C23H27FN4O5. The predicted octanol–water partition coefficient (Wildman–Crippen LogP) is 1.37. The number of nitrogens with zero attached hydrogens (tertiary/aromatic N) is 1. The highest BCUT2D eigenvalue weighted by atomic mass is 19.1. The number of hydrogen-bond donors (Lipinski definition) is 4. The third-order valence-electron chi connectivity index (χ3n) is 5.80. The molecule has 33 heavy (non-hydrogen) atoms. The first kappa shape index (κ1) is 24.1. The molecule has 0 saturated carbocycles. The number of primary amides is 1. The monoisotopic (exact) mass is 458 g/mol. The quantitative estimate of drug-likeness (QED) is 0.366. The zero-order valence-corrected chi connectivity index (χ0v) is 18.7. The molecule has 2 aromatic rings. The van der Waals surface area contributed by atoms with Crippen molar-refractivity contribution in [3.05, 3.63) is 52.1 Å². The molecule has 0 radical (unpaired) electrons. The van der Waals surface area contributed by atoms with Crippen LogP contribution in [-0.2, 0) is 22.6 Å². The normalized spacial score (nSPS) is 14.7. The highest BCUT2D eigenvalue weighted by Crippen LogP contribution is 2.29. The van der Waals surface area contributed by atoms with Crippen LogP contribution in [0.4, 0.5) is 10.1 Å². The fourth-order valence-corrected chi connectivity index (χ4v) is 4.13. The molecule has 176 valence electrons. The molecule has 3 rings (SSSR count). The molecule has 1 aliphatic rings. The third-order valence-corrected chi connectivity index (χ3v) is 5.80. The lowest BCUT2D eigenvalue weighted by Crippen LogP contribution is -2.52. The van der Waals surface area contributed by atoms with Gasteiger partial charge in [0.15, 0.2) is 0 Å². The number of benzene rings is 1. The Hall–Kier alpha value is -3.53. The van der Waals surface area contributed by atoms with Crippen LogP contribution < -0.4 is 16.4 Å². The average molecular weight is 458 g/mol. The van der Waals surface area contributed by atoms with E-state index in [1.54, 1.807) is 18.4 Å². The second-order valence-corrected chi connectivity index (χ2v) is 8.25. The Bertz CT molecular complexity index is 1140. The number of anilines is 1. The van der Waals surface area contributed by atoms with E-state index in [4.69, 9.17) is 5.73 Å². The predicted molar refractivity (Wildman–Crippen MR) is 118 cm³/mol. The second kappa shape index (κ2) is 9.53. The number of aromatic nitrogens is 1. The number of aliphatic hydroxyl groups excluding tert-OH is 1. The maximum atomic E-state index is 13.6. The van der Waals surface area contributed by atoms with Gasteiger partial charge in [-0.1, -0.05) is 0 Å². The van der Waals surface area contributed by atoms with Gasteiger partial charge in [0.25, 0.3) is 17.6 Å². The first-order valence-corrected chi connectivity index (χ1v) is 10.6. The standard InChI is InChI=1S/C23H27FN4O5/c1-11-10-14(7-8-15(11)24)26-22(32)17-12(2)19(28-9-5-4-6-16(17)28)20(30)23(33)27-18(13(3)29)21(25)31/h7-8,10,13,18,29H,4-6,9H2,1-3H3,(H2,25,31)(H,26,32)(H,27,33)/t13-,18?/m1/s1. The molecule has 1 aromatic heterocycles. The number of aryl methyl sites for hydroxylation is 1. The summed E-state index contributed by atoms with van der Waals surface area (Å²) in [7, 11) is 0. The maximum absolute atomic E-state index is 13.6. The molecule has 1 aromatic carbocycles. The van der Waals surface area contributed by atoms with Crippen LogP contribution in [0.5, 0.6) is 0 Å². The number of aliphatic hydroxyl groups is 1. The van der Waals surface area contributed by atoms with Crippen LogP contribution in [-0.4, -0.2) is 45.3 Å². The number of carbonyl (C=O) groups excluding carboxylic acids is 4. The van der Waals surface area contributed by atoms with Gasteiger partial charge in [-0.25, -0.2) is 4.39 Å². The van der Waals surface area contributed by atoms with Gasteiger partial charge < -0.3 is 26.0 Å². The van der Waals surface area contributed by atoms with E-state index in [0.717, 1.165) is 12.8 Å². The largest absolute Gasteiger partial charge is 0.391 e. The Kier molecular flexibility index (Phi) is 6.97. The minimum absolute atomic E-state index is 0.0523. The smallest absolute Gasteiger partial charge is 0.294 e. The molecule has 0 aliphatic carbocycles. The molecule has 10 heteroatoms. The Labute approximate surface area is 190 Å². The Morgan fingerprint density at radius 2 is 1.88 bits per heavy atom. The lowest BCUT2D eigenvalue weighted by molar-refractivity contribution is -0.127. The van der Waals surface area contributed by atoms with Crippen molar-refractivity contribution in [2.24, 2.45) is 5.73 Å². The number of hydrogen-bond acceptors (Lipinski definition) is 5. The number of carbonyl (C=O) groups is 4. The molecule has 2 heterocycles. The molecule has 5 N–H and O–H groups in total. The van der Waals surface area contributed by atoms with Crippen LogP contribution >= 0.6 is 0 Å². The fraction of sp³-hybridized carbons (Fsp3) is 0.391. The van der Waals surface area contributed by atoms with Crippen LogP contribution in [0.25, 0.3) is 0 Å². The summed E-state index contributed by atoms with van der Waals surface area (Å²) in [4.78, 5) is 50.3. The van der Waals surface area contributed by atoms with Crippen LogP contribution in [0.1, 0.15) is 57.4 Å². The average Bonchev–Trinajstić information content (AvgIpc) is 3.05. The van der Waals surface area contributed by atoms with Gasteiger partial charge in [0.2, 0.25) is 5.91 Å². The van der Waals surface area contributed by atoms with E-state index in [-0.39, 0.29) is 11.3 Å². The topological polar surface area (TPSA) is 144 Å². The number of Topliss-reactive ketones (excluding diaryl/α,β-unsaturated/α-hetero) is 1. The molecule has 0 fully saturated rings. The van der Waals surface area contributed by atoms with Crippen molar-refractivity contribution in [2.75, 3.05) is 5.32 Å². The van der Waals surface area contributed by atoms with E-state index in [2.05, 4.69) is 10.6 Å². The molecule has 3 amide bonds. The van der Waals surface area contributed by atoms with E-state index in [1.165, 1.54) is 25.1 Å². The van der Waals surface area contributed by atoms with Gasteiger partial charge in [-0.15, -0.1) is 0 Å². The minimum Gasteiger partial charge on any atom is -0.391 e. The number of halogens is 1. The third kappa shape index (κ3) is 4.80. The van der Waals surface area contributed by atoms with Crippen molar-refractivity contribution in [1.29, 1.82) is 0 Å². The van der Waals surface area contributed by atoms with Crippen molar-refractivity contribution >= 4 is 29.2 Å². The van der Waals surface area contributed by atoms with Crippen LogP contribution in [0.15, 0.2) is 18.2 Å². The number of ketones is 1. The molecule has 0 saturated heterocycles. The van der Waals surface area contributed by atoms with Crippen molar-refractivity contribution < 1.29 is 28.7 Å². The van der Waals surface area contributed by atoms with Crippen LogP contribution in [0.3, 0.4) is 0 Å². The van der Waals surface area contributed by atoms with Gasteiger partial charge in [0, 0.05) is 17.9 Å². The van der Waals surface area contributed by atoms with Crippen LogP contribution in [0, 0.1) is 19.7 Å². The maximum Gasteiger partial charge on any atom is 0.294 e. The summed E-state index contributed by atoms with van der Waals surface area (Å²) in [5.74, 6) is -3.87.